The van der Waals surface area contributed by atoms with Gasteiger partial charge < -0.3 is 24.9 Å². The van der Waals surface area contributed by atoms with E-state index in [1.165, 1.54) is 13.2 Å². The van der Waals surface area contributed by atoms with Crippen LogP contribution in [0.1, 0.15) is 47.3 Å². The molecule has 1 amide bonds. The van der Waals surface area contributed by atoms with Gasteiger partial charge in [0.1, 0.15) is 17.1 Å². The molecule has 8 nitrogen and oxygen atoms in total. The minimum Gasteiger partial charge on any atom is -0.496 e. The number of aromatic amines is 1. The van der Waals surface area contributed by atoms with Gasteiger partial charge in [0.05, 0.1) is 24.2 Å². The van der Waals surface area contributed by atoms with Crippen LogP contribution in [-0.4, -0.2) is 40.6 Å². The van der Waals surface area contributed by atoms with E-state index in [1.54, 1.807) is 4.57 Å². The highest BCUT2D eigenvalue weighted by Gasteiger charge is 2.28. The smallest absolute Gasteiger partial charge is 0.257 e. The molecule has 0 fully saturated rings. The lowest BCUT2D eigenvalue weighted by atomic mass is 10.0. The number of fused-ring (bicyclic) bond motifs is 2. The largest absolute Gasteiger partial charge is 0.496 e. The van der Waals surface area contributed by atoms with Crippen molar-refractivity contribution >= 4 is 16.9 Å². The predicted octanol–water partition coefficient (Wildman–Crippen LogP) is 2.31. The number of nitrogens with one attached hydrogen (secondary N) is 3. The van der Waals surface area contributed by atoms with Crippen molar-refractivity contribution < 1.29 is 9.53 Å². The summed E-state index contributed by atoms with van der Waals surface area (Å²) in [7, 11) is 1.49. The minimum absolute atomic E-state index is 0.100. The number of imidazole rings is 1. The van der Waals surface area contributed by atoms with Crippen LogP contribution in [0.5, 0.6) is 5.75 Å². The van der Waals surface area contributed by atoms with Gasteiger partial charge in [0, 0.05) is 37.8 Å². The van der Waals surface area contributed by atoms with E-state index in [-0.39, 0.29) is 23.4 Å². The molecule has 8 heteroatoms. The van der Waals surface area contributed by atoms with Crippen LogP contribution in [-0.2, 0) is 13.0 Å². The third kappa shape index (κ3) is 4.07. The Morgan fingerprint density at radius 1 is 1.26 bits per heavy atom. The van der Waals surface area contributed by atoms with Crippen LogP contribution in [0, 0.1) is 12.8 Å². The summed E-state index contributed by atoms with van der Waals surface area (Å²) in [6.07, 6.45) is 0.575. The minimum atomic E-state index is -0.318. The number of nitrogens with zero attached hydrogens (tertiary/aromatic N) is 2. The van der Waals surface area contributed by atoms with Gasteiger partial charge >= 0.3 is 0 Å². The van der Waals surface area contributed by atoms with Gasteiger partial charge in [-0.2, -0.15) is 0 Å². The average Bonchev–Trinajstić information content (AvgIpc) is 2.98. The highest BCUT2D eigenvalue weighted by Crippen LogP contribution is 2.26. The van der Waals surface area contributed by atoms with E-state index in [0.29, 0.717) is 48.9 Å². The third-order valence-corrected chi connectivity index (χ3v) is 5.78. The molecule has 0 saturated carbocycles. The SMILES string of the molecule is COc1cc(=O)n2c(c1C(=O)N[C@@H](c1nc3ccc(C)cc3[nH]1)C(C)C)CCNCC2. The van der Waals surface area contributed by atoms with Gasteiger partial charge in [-0.25, -0.2) is 4.98 Å². The number of ether oxygens (including phenoxy) is 1. The lowest BCUT2D eigenvalue weighted by Gasteiger charge is -2.23. The van der Waals surface area contributed by atoms with Crippen LogP contribution in [0.25, 0.3) is 11.0 Å². The van der Waals surface area contributed by atoms with Crippen LogP contribution in [0.2, 0.25) is 0 Å². The maximum absolute atomic E-state index is 13.5. The summed E-state index contributed by atoms with van der Waals surface area (Å²) in [5.74, 6) is 0.850. The summed E-state index contributed by atoms with van der Waals surface area (Å²) in [4.78, 5) is 34.1. The Kier molecular flexibility index (Phi) is 5.82. The first kappa shape index (κ1) is 21.1. The van der Waals surface area contributed by atoms with Gasteiger partial charge in [0.15, 0.2) is 0 Å². The lowest BCUT2D eigenvalue weighted by Crippen LogP contribution is -2.35. The van der Waals surface area contributed by atoms with Gasteiger partial charge in [-0.05, 0) is 30.5 Å². The Labute approximate surface area is 181 Å². The molecule has 0 unspecified atom stereocenters. The fourth-order valence-corrected chi connectivity index (χ4v) is 4.16. The molecule has 3 N–H and O–H groups in total. The average molecular weight is 424 g/mol. The highest BCUT2D eigenvalue weighted by molar-refractivity contribution is 5.98. The van der Waals surface area contributed by atoms with Crippen molar-refractivity contribution in [3.8, 4) is 5.75 Å². The van der Waals surface area contributed by atoms with Crippen molar-refractivity contribution in [1.82, 2.24) is 25.2 Å². The number of aryl methyl sites for hydroxylation is 1. The maximum Gasteiger partial charge on any atom is 0.257 e. The van der Waals surface area contributed by atoms with Crippen molar-refractivity contribution in [2.75, 3.05) is 20.2 Å². The quantitative estimate of drug-likeness (QED) is 0.585. The molecule has 164 valence electrons. The van der Waals surface area contributed by atoms with E-state index in [4.69, 9.17) is 9.72 Å². The van der Waals surface area contributed by atoms with Crippen molar-refractivity contribution in [1.29, 1.82) is 0 Å². The molecule has 1 aliphatic heterocycles. The van der Waals surface area contributed by atoms with Gasteiger partial charge in [-0.15, -0.1) is 0 Å². The number of hydrogen-bond donors (Lipinski definition) is 3. The molecule has 3 aromatic rings. The zero-order valence-electron chi connectivity index (χ0n) is 18.4. The van der Waals surface area contributed by atoms with E-state index >= 15 is 0 Å². The number of aromatic nitrogens is 3. The molecule has 1 aromatic carbocycles. The molecule has 1 aliphatic rings. The summed E-state index contributed by atoms with van der Waals surface area (Å²) in [5.41, 5.74) is 3.92. The summed E-state index contributed by atoms with van der Waals surface area (Å²) in [6, 6.07) is 7.12. The Bertz CT molecular complexity index is 1180. The van der Waals surface area contributed by atoms with E-state index in [0.717, 1.165) is 16.6 Å². The van der Waals surface area contributed by atoms with E-state index < -0.39 is 0 Å². The highest BCUT2D eigenvalue weighted by atomic mass is 16.5. The number of methoxy groups -OCH3 is 1. The normalized spacial score (nSPS) is 14.9. The Morgan fingerprint density at radius 2 is 2.06 bits per heavy atom. The van der Waals surface area contributed by atoms with Gasteiger partial charge in [-0.3, -0.25) is 9.59 Å². The second-order valence-electron chi connectivity index (χ2n) is 8.36. The summed E-state index contributed by atoms with van der Waals surface area (Å²) >= 11 is 0. The monoisotopic (exact) mass is 423 g/mol. The Hall–Kier alpha value is -3.13. The van der Waals surface area contributed by atoms with Crippen molar-refractivity contribution in [2.24, 2.45) is 5.92 Å². The van der Waals surface area contributed by atoms with Crippen LogP contribution >= 0.6 is 0 Å². The van der Waals surface area contributed by atoms with E-state index in [2.05, 4.69) is 15.6 Å². The molecule has 3 heterocycles. The molecule has 0 aliphatic carbocycles. The fourth-order valence-electron chi connectivity index (χ4n) is 4.16. The van der Waals surface area contributed by atoms with Gasteiger partial charge in [-0.1, -0.05) is 19.9 Å². The number of pyridine rings is 1. The number of carbonyl (C=O) groups excluding carboxylic acids is 1. The number of benzene rings is 1. The van der Waals surface area contributed by atoms with Gasteiger partial charge in [0.2, 0.25) is 0 Å². The van der Waals surface area contributed by atoms with E-state index in [9.17, 15) is 9.59 Å². The standard InChI is InChI=1S/C23H29N5O3/c1-13(2)21(22-25-15-6-5-14(3)11-16(15)26-22)27-23(30)20-17-7-8-24-9-10-28(17)19(29)12-18(20)31-4/h5-6,11-13,21,24H,7-10H2,1-4H3,(H,25,26)(H,27,30)/t21-/m1/s1. The Balaban J connectivity index is 1.73. The summed E-state index contributed by atoms with van der Waals surface area (Å²) in [5, 5.41) is 6.42. The predicted molar refractivity (Wildman–Crippen MR) is 120 cm³/mol. The molecule has 0 radical (unpaired) electrons. The van der Waals surface area contributed by atoms with Gasteiger partial charge in [0.25, 0.3) is 11.5 Å². The zero-order chi connectivity index (χ0) is 22.1. The van der Waals surface area contributed by atoms with Crippen LogP contribution in [0.4, 0.5) is 0 Å². The number of H-pyrrole nitrogens is 1. The molecule has 0 saturated heterocycles. The molecule has 0 spiro atoms. The number of carbonyl (C=O) groups is 1. The van der Waals surface area contributed by atoms with Crippen LogP contribution < -0.4 is 20.9 Å². The maximum atomic E-state index is 13.5. The third-order valence-electron chi connectivity index (χ3n) is 5.78. The van der Waals surface area contributed by atoms with Crippen molar-refractivity contribution in [3.05, 3.63) is 57.3 Å². The fraction of sp³-hybridized carbons (Fsp3) is 0.435. The van der Waals surface area contributed by atoms with Crippen LogP contribution in [0.3, 0.4) is 0 Å². The lowest BCUT2D eigenvalue weighted by molar-refractivity contribution is 0.0918. The number of hydrogen-bond acceptors (Lipinski definition) is 5. The second-order valence-corrected chi connectivity index (χ2v) is 8.36. The molecular formula is C23H29N5O3. The first-order chi connectivity index (χ1) is 14.9. The first-order valence-corrected chi connectivity index (χ1v) is 10.7. The molecule has 31 heavy (non-hydrogen) atoms. The van der Waals surface area contributed by atoms with Crippen molar-refractivity contribution in [3.63, 3.8) is 0 Å². The summed E-state index contributed by atoms with van der Waals surface area (Å²) in [6.45, 7) is 8.03. The Morgan fingerprint density at radius 3 is 2.81 bits per heavy atom. The van der Waals surface area contributed by atoms with E-state index in [1.807, 2.05) is 39.0 Å². The second kappa shape index (κ2) is 8.55. The number of amides is 1. The summed E-state index contributed by atoms with van der Waals surface area (Å²) < 4.78 is 7.12. The molecule has 2 aromatic heterocycles. The van der Waals surface area contributed by atoms with Crippen molar-refractivity contribution in [2.45, 2.75) is 39.8 Å². The molecule has 4 rings (SSSR count). The first-order valence-electron chi connectivity index (χ1n) is 10.7. The molecule has 0 bridgehead atoms. The zero-order valence-corrected chi connectivity index (χ0v) is 18.4. The molecule has 1 atom stereocenters. The topological polar surface area (TPSA) is 101 Å². The van der Waals surface area contributed by atoms with Crippen LogP contribution in [0.15, 0.2) is 29.1 Å². The number of rotatable bonds is 5. The molecular weight excluding hydrogens is 394 g/mol.